The van der Waals surface area contributed by atoms with Crippen molar-refractivity contribution in [2.45, 2.75) is 26.7 Å². The predicted molar refractivity (Wildman–Crippen MR) is 64.2 cm³/mol. The van der Waals surface area contributed by atoms with E-state index >= 15 is 0 Å². The lowest BCUT2D eigenvalue weighted by Crippen LogP contribution is -2.31. The third-order valence-corrected chi connectivity index (χ3v) is 2.96. The molecule has 1 aliphatic rings. The Labute approximate surface area is 94.2 Å². The Balaban J connectivity index is 1.81. The average molecular weight is 214 g/mol. The number of nitrogens with one attached hydrogen (secondary N) is 1. The van der Waals surface area contributed by atoms with Crippen LogP contribution in [0.4, 0.5) is 0 Å². The van der Waals surface area contributed by atoms with Gasteiger partial charge in [0.25, 0.3) is 0 Å². The van der Waals surface area contributed by atoms with Crippen LogP contribution in [0.3, 0.4) is 0 Å². The smallest absolute Gasteiger partial charge is 0.0477 e. The van der Waals surface area contributed by atoms with Crippen LogP contribution in [0, 0.1) is 5.92 Å². The molecule has 0 saturated carbocycles. The van der Waals surface area contributed by atoms with Crippen molar-refractivity contribution in [3.63, 3.8) is 0 Å². The fourth-order valence-corrected chi connectivity index (χ4v) is 2.04. The number of hydrogen-bond acceptors (Lipinski definition) is 3. The second-order valence-electron chi connectivity index (χ2n) is 4.49. The zero-order chi connectivity index (χ0) is 10.9. The fraction of sp³-hybridized carbons (Fsp3) is 1.00. The molecule has 1 atom stereocenters. The van der Waals surface area contributed by atoms with Crippen molar-refractivity contribution in [1.29, 1.82) is 0 Å². The molecule has 0 amide bonds. The van der Waals surface area contributed by atoms with Crippen molar-refractivity contribution < 1.29 is 4.74 Å². The number of likely N-dealkylation sites (tertiary alicyclic amines) is 1. The molecule has 0 radical (unpaired) electrons. The van der Waals surface area contributed by atoms with Crippen LogP contribution < -0.4 is 5.32 Å². The Hall–Kier alpha value is -0.120. The maximum absolute atomic E-state index is 5.28. The van der Waals surface area contributed by atoms with Gasteiger partial charge in [-0.3, -0.25) is 0 Å². The topological polar surface area (TPSA) is 24.5 Å². The molecule has 0 aromatic heterocycles. The van der Waals surface area contributed by atoms with Gasteiger partial charge < -0.3 is 15.0 Å². The Morgan fingerprint density at radius 1 is 1.40 bits per heavy atom. The average Bonchev–Trinajstić information content (AvgIpc) is 2.63. The van der Waals surface area contributed by atoms with Crippen molar-refractivity contribution in [2.24, 2.45) is 5.92 Å². The third-order valence-electron chi connectivity index (χ3n) is 2.96. The van der Waals surface area contributed by atoms with E-state index in [1.807, 2.05) is 6.92 Å². The standard InChI is InChI=1S/C12H26N2O/c1-3-15-10-4-6-13-7-9-14-8-5-12(2)11-14/h12-13H,3-11H2,1-2H3. The first-order valence-corrected chi connectivity index (χ1v) is 6.33. The van der Waals surface area contributed by atoms with Gasteiger partial charge in [0, 0.05) is 32.8 Å². The number of nitrogens with zero attached hydrogens (tertiary/aromatic N) is 1. The molecule has 0 spiro atoms. The third kappa shape index (κ3) is 6.13. The van der Waals surface area contributed by atoms with Crippen molar-refractivity contribution in [3.8, 4) is 0 Å². The van der Waals surface area contributed by atoms with Gasteiger partial charge in [-0.05, 0) is 38.8 Å². The summed E-state index contributed by atoms with van der Waals surface area (Å²) in [6, 6.07) is 0. The van der Waals surface area contributed by atoms with Crippen LogP contribution in [0.15, 0.2) is 0 Å². The van der Waals surface area contributed by atoms with Crippen molar-refractivity contribution in [1.82, 2.24) is 10.2 Å². The van der Waals surface area contributed by atoms with Crippen LogP contribution in [0.2, 0.25) is 0 Å². The van der Waals surface area contributed by atoms with Gasteiger partial charge in [-0.25, -0.2) is 0 Å². The summed E-state index contributed by atoms with van der Waals surface area (Å²) in [7, 11) is 0. The molecule has 90 valence electrons. The lowest BCUT2D eigenvalue weighted by atomic mass is 10.2. The first-order valence-electron chi connectivity index (χ1n) is 6.33. The molecule has 1 rings (SSSR count). The first-order chi connectivity index (χ1) is 7.33. The summed E-state index contributed by atoms with van der Waals surface area (Å²) in [5, 5.41) is 3.46. The van der Waals surface area contributed by atoms with Crippen LogP contribution >= 0.6 is 0 Å². The summed E-state index contributed by atoms with van der Waals surface area (Å²) in [5.41, 5.74) is 0. The Kier molecular flexibility index (Phi) is 6.98. The van der Waals surface area contributed by atoms with E-state index in [0.717, 1.165) is 38.6 Å². The van der Waals surface area contributed by atoms with Gasteiger partial charge in [-0.15, -0.1) is 0 Å². The fourth-order valence-electron chi connectivity index (χ4n) is 2.04. The summed E-state index contributed by atoms with van der Waals surface area (Å²) in [6.45, 7) is 12.1. The van der Waals surface area contributed by atoms with Gasteiger partial charge in [0.2, 0.25) is 0 Å². The van der Waals surface area contributed by atoms with Gasteiger partial charge >= 0.3 is 0 Å². The highest BCUT2D eigenvalue weighted by molar-refractivity contribution is 4.72. The van der Waals surface area contributed by atoms with E-state index in [0.29, 0.717) is 0 Å². The lowest BCUT2D eigenvalue weighted by Gasteiger charge is -2.15. The van der Waals surface area contributed by atoms with Crippen LogP contribution in [-0.2, 0) is 4.74 Å². The largest absolute Gasteiger partial charge is 0.382 e. The second-order valence-corrected chi connectivity index (χ2v) is 4.49. The molecule has 15 heavy (non-hydrogen) atoms. The zero-order valence-corrected chi connectivity index (χ0v) is 10.3. The van der Waals surface area contributed by atoms with E-state index in [9.17, 15) is 0 Å². The predicted octanol–water partition coefficient (Wildman–Crippen LogP) is 1.34. The van der Waals surface area contributed by atoms with Crippen LogP contribution in [0.1, 0.15) is 26.7 Å². The maximum atomic E-state index is 5.28. The monoisotopic (exact) mass is 214 g/mol. The molecule has 0 aromatic carbocycles. The van der Waals surface area contributed by atoms with Crippen LogP contribution in [0.5, 0.6) is 0 Å². The van der Waals surface area contributed by atoms with E-state index in [4.69, 9.17) is 4.74 Å². The zero-order valence-electron chi connectivity index (χ0n) is 10.3. The quantitative estimate of drug-likeness (QED) is 0.617. The summed E-state index contributed by atoms with van der Waals surface area (Å²) < 4.78 is 5.28. The second kappa shape index (κ2) is 8.08. The minimum Gasteiger partial charge on any atom is -0.382 e. The van der Waals surface area contributed by atoms with Gasteiger partial charge in [-0.2, -0.15) is 0 Å². The molecule has 1 saturated heterocycles. The van der Waals surface area contributed by atoms with E-state index in [2.05, 4.69) is 17.1 Å². The minimum absolute atomic E-state index is 0.839. The molecular weight excluding hydrogens is 188 g/mol. The molecule has 1 fully saturated rings. The van der Waals surface area contributed by atoms with E-state index < -0.39 is 0 Å². The summed E-state index contributed by atoms with van der Waals surface area (Å²) in [5.74, 6) is 0.906. The van der Waals surface area contributed by atoms with Crippen molar-refractivity contribution in [2.75, 3.05) is 45.9 Å². The summed E-state index contributed by atoms with van der Waals surface area (Å²) in [4.78, 5) is 2.56. The Morgan fingerprint density at radius 2 is 2.27 bits per heavy atom. The first kappa shape index (κ1) is 12.9. The molecule has 0 aliphatic carbocycles. The van der Waals surface area contributed by atoms with E-state index in [1.54, 1.807) is 0 Å². The molecule has 0 aromatic rings. The lowest BCUT2D eigenvalue weighted by molar-refractivity contribution is 0.144. The van der Waals surface area contributed by atoms with Gasteiger partial charge in [0.05, 0.1) is 0 Å². The molecule has 3 heteroatoms. The molecule has 1 aliphatic heterocycles. The number of hydrogen-bond donors (Lipinski definition) is 1. The highest BCUT2D eigenvalue weighted by atomic mass is 16.5. The van der Waals surface area contributed by atoms with Gasteiger partial charge in [0.1, 0.15) is 0 Å². The molecule has 3 nitrogen and oxygen atoms in total. The Morgan fingerprint density at radius 3 is 2.93 bits per heavy atom. The molecule has 1 N–H and O–H groups in total. The highest BCUT2D eigenvalue weighted by Crippen LogP contribution is 2.13. The Bertz CT molecular complexity index is 153. The van der Waals surface area contributed by atoms with Gasteiger partial charge in [-0.1, -0.05) is 6.92 Å². The highest BCUT2D eigenvalue weighted by Gasteiger charge is 2.17. The van der Waals surface area contributed by atoms with Crippen molar-refractivity contribution >= 4 is 0 Å². The minimum atomic E-state index is 0.839. The van der Waals surface area contributed by atoms with Crippen molar-refractivity contribution in [3.05, 3.63) is 0 Å². The van der Waals surface area contributed by atoms with Gasteiger partial charge in [0.15, 0.2) is 0 Å². The van der Waals surface area contributed by atoms with Crippen LogP contribution in [0.25, 0.3) is 0 Å². The van der Waals surface area contributed by atoms with E-state index in [-0.39, 0.29) is 0 Å². The van der Waals surface area contributed by atoms with E-state index in [1.165, 1.54) is 26.1 Å². The van der Waals surface area contributed by atoms with Crippen LogP contribution in [-0.4, -0.2) is 50.8 Å². The molecular formula is C12H26N2O. The summed E-state index contributed by atoms with van der Waals surface area (Å²) in [6.07, 6.45) is 2.51. The summed E-state index contributed by atoms with van der Waals surface area (Å²) >= 11 is 0. The normalized spacial score (nSPS) is 22.4. The SMILES string of the molecule is CCOCCCNCCN1CCC(C)C1. The number of ether oxygens (including phenoxy) is 1. The molecule has 0 bridgehead atoms. The number of rotatable bonds is 8. The molecule has 1 heterocycles. The maximum Gasteiger partial charge on any atom is 0.0477 e. The molecule has 1 unspecified atom stereocenters.